The van der Waals surface area contributed by atoms with Crippen molar-refractivity contribution in [3.63, 3.8) is 0 Å². The average molecular weight is 241 g/mol. The summed E-state index contributed by atoms with van der Waals surface area (Å²) in [5.41, 5.74) is 0. The molecule has 0 amide bonds. The summed E-state index contributed by atoms with van der Waals surface area (Å²) in [5.74, 6) is 1.43. The van der Waals surface area contributed by atoms with Crippen molar-refractivity contribution in [3.8, 4) is 5.88 Å². The predicted molar refractivity (Wildman–Crippen MR) is 69.3 cm³/mol. The van der Waals surface area contributed by atoms with Gasteiger partial charge in [0.05, 0.1) is 6.10 Å². The first-order chi connectivity index (χ1) is 7.61. The summed E-state index contributed by atoms with van der Waals surface area (Å²) in [4.78, 5) is 8.19. The standard InChI is InChI=1S/C11H19N3OS/c1-8(2)15-11-5-10(13-7-14-11)12-6-9(3)16-4/h5,7-9H,6H2,1-4H3,(H,12,13,14). The van der Waals surface area contributed by atoms with E-state index in [2.05, 4.69) is 28.5 Å². The van der Waals surface area contributed by atoms with E-state index in [0.717, 1.165) is 12.4 Å². The van der Waals surface area contributed by atoms with Crippen molar-refractivity contribution in [2.45, 2.75) is 32.1 Å². The Morgan fingerprint density at radius 2 is 2.12 bits per heavy atom. The molecule has 1 aromatic rings. The molecule has 0 spiro atoms. The molecule has 0 saturated carbocycles. The number of anilines is 1. The van der Waals surface area contributed by atoms with Gasteiger partial charge in [0.2, 0.25) is 5.88 Å². The van der Waals surface area contributed by atoms with Crippen molar-refractivity contribution in [2.75, 3.05) is 18.1 Å². The summed E-state index contributed by atoms with van der Waals surface area (Å²) in [7, 11) is 0. The molecule has 0 fully saturated rings. The Kier molecular flexibility index (Phi) is 5.38. The maximum atomic E-state index is 5.49. The van der Waals surface area contributed by atoms with E-state index in [-0.39, 0.29) is 6.10 Å². The topological polar surface area (TPSA) is 47.0 Å². The molecule has 0 aliphatic heterocycles. The highest BCUT2D eigenvalue weighted by molar-refractivity contribution is 7.99. The maximum Gasteiger partial charge on any atom is 0.218 e. The Morgan fingerprint density at radius 3 is 2.75 bits per heavy atom. The summed E-state index contributed by atoms with van der Waals surface area (Å²) in [6.45, 7) is 7.01. The normalized spacial score (nSPS) is 12.6. The van der Waals surface area contributed by atoms with Crippen LogP contribution in [0.4, 0.5) is 5.82 Å². The molecule has 0 radical (unpaired) electrons. The number of nitrogens with zero attached hydrogens (tertiary/aromatic N) is 2. The molecular weight excluding hydrogens is 222 g/mol. The largest absolute Gasteiger partial charge is 0.475 e. The van der Waals surface area contributed by atoms with E-state index < -0.39 is 0 Å². The molecule has 1 atom stereocenters. The third-order valence-corrected chi connectivity index (χ3v) is 2.94. The fourth-order valence-corrected chi connectivity index (χ4v) is 1.32. The second-order valence-electron chi connectivity index (χ2n) is 3.84. The van der Waals surface area contributed by atoms with Crippen LogP contribution in [0.3, 0.4) is 0 Å². The van der Waals surface area contributed by atoms with Gasteiger partial charge in [0.1, 0.15) is 12.1 Å². The molecule has 0 bridgehead atoms. The molecule has 0 aromatic carbocycles. The second kappa shape index (κ2) is 6.58. The third-order valence-electron chi connectivity index (χ3n) is 1.97. The maximum absolute atomic E-state index is 5.49. The number of ether oxygens (including phenoxy) is 1. The molecule has 0 saturated heterocycles. The van der Waals surface area contributed by atoms with Gasteiger partial charge in [-0.05, 0) is 20.1 Å². The van der Waals surface area contributed by atoms with Crippen LogP contribution >= 0.6 is 11.8 Å². The van der Waals surface area contributed by atoms with Crippen LogP contribution in [0.5, 0.6) is 5.88 Å². The fourth-order valence-electron chi connectivity index (χ4n) is 1.07. The molecule has 90 valence electrons. The van der Waals surface area contributed by atoms with Crippen molar-refractivity contribution < 1.29 is 4.74 Å². The van der Waals surface area contributed by atoms with E-state index in [9.17, 15) is 0 Å². The number of rotatable bonds is 6. The molecule has 1 rings (SSSR count). The predicted octanol–water partition coefficient (Wildman–Crippen LogP) is 2.43. The number of thioether (sulfide) groups is 1. The second-order valence-corrected chi connectivity index (χ2v) is 5.11. The van der Waals surface area contributed by atoms with Gasteiger partial charge < -0.3 is 10.1 Å². The van der Waals surface area contributed by atoms with E-state index in [1.807, 2.05) is 31.7 Å². The van der Waals surface area contributed by atoms with Gasteiger partial charge in [-0.3, -0.25) is 0 Å². The summed E-state index contributed by atoms with van der Waals surface area (Å²) >= 11 is 1.82. The van der Waals surface area contributed by atoms with Crippen molar-refractivity contribution in [1.82, 2.24) is 9.97 Å². The number of hydrogen-bond acceptors (Lipinski definition) is 5. The fraction of sp³-hybridized carbons (Fsp3) is 0.636. The minimum absolute atomic E-state index is 0.132. The zero-order chi connectivity index (χ0) is 12.0. The van der Waals surface area contributed by atoms with Crippen LogP contribution in [-0.2, 0) is 0 Å². The van der Waals surface area contributed by atoms with Crippen LogP contribution in [-0.4, -0.2) is 34.1 Å². The molecule has 16 heavy (non-hydrogen) atoms. The molecule has 1 heterocycles. The zero-order valence-electron chi connectivity index (χ0n) is 10.2. The van der Waals surface area contributed by atoms with Gasteiger partial charge in [0.15, 0.2) is 0 Å². The zero-order valence-corrected chi connectivity index (χ0v) is 11.0. The van der Waals surface area contributed by atoms with Gasteiger partial charge in [-0.2, -0.15) is 11.8 Å². The van der Waals surface area contributed by atoms with Gasteiger partial charge in [-0.15, -0.1) is 0 Å². The Morgan fingerprint density at radius 1 is 1.38 bits per heavy atom. The molecule has 1 aromatic heterocycles. The molecule has 0 aliphatic rings. The van der Waals surface area contributed by atoms with Crippen molar-refractivity contribution in [2.24, 2.45) is 0 Å². The van der Waals surface area contributed by atoms with Gasteiger partial charge in [-0.25, -0.2) is 9.97 Å². The lowest BCUT2D eigenvalue weighted by Gasteiger charge is -2.12. The highest BCUT2D eigenvalue weighted by atomic mass is 32.2. The van der Waals surface area contributed by atoms with E-state index in [1.54, 1.807) is 0 Å². The van der Waals surface area contributed by atoms with Crippen molar-refractivity contribution in [3.05, 3.63) is 12.4 Å². The Balaban J connectivity index is 2.53. The Bertz CT molecular complexity index is 320. The van der Waals surface area contributed by atoms with Gasteiger partial charge in [0.25, 0.3) is 0 Å². The van der Waals surface area contributed by atoms with Crippen LogP contribution in [0.25, 0.3) is 0 Å². The third kappa shape index (κ3) is 4.70. The van der Waals surface area contributed by atoms with Crippen LogP contribution in [0.15, 0.2) is 12.4 Å². The number of aromatic nitrogens is 2. The first-order valence-corrected chi connectivity index (χ1v) is 6.66. The molecular formula is C11H19N3OS. The van der Waals surface area contributed by atoms with Gasteiger partial charge in [-0.1, -0.05) is 6.92 Å². The number of nitrogens with one attached hydrogen (secondary N) is 1. The first kappa shape index (κ1) is 13.1. The lowest BCUT2D eigenvalue weighted by Crippen LogP contribution is -2.14. The van der Waals surface area contributed by atoms with Gasteiger partial charge in [0, 0.05) is 17.9 Å². The summed E-state index contributed by atoms with van der Waals surface area (Å²) in [6, 6.07) is 1.83. The van der Waals surface area contributed by atoms with E-state index >= 15 is 0 Å². The quantitative estimate of drug-likeness (QED) is 0.829. The molecule has 4 nitrogen and oxygen atoms in total. The van der Waals surface area contributed by atoms with Crippen LogP contribution in [0.2, 0.25) is 0 Å². The summed E-state index contributed by atoms with van der Waals surface area (Å²) in [5, 5.41) is 3.82. The van der Waals surface area contributed by atoms with E-state index in [1.165, 1.54) is 6.33 Å². The lowest BCUT2D eigenvalue weighted by molar-refractivity contribution is 0.232. The Labute approximate surface area is 101 Å². The minimum Gasteiger partial charge on any atom is -0.475 e. The van der Waals surface area contributed by atoms with E-state index in [4.69, 9.17) is 4.74 Å². The molecule has 5 heteroatoms. The molecule has 1 N–H and O–H groups in total. The highest BCUT2D eigenvalue weighted by Crippen LogP contribution is 2.13. The van der Waals surface area contributed by atoms with Crippen LogP contribution in [0.1, 0.15) is 20.8 Å². The SMILES string of the molecule is CSC(C)CNc1cc(OC(C)C)ncn1. The first-order valence-electron chi connectivity index (χ1n) is 5.37. The minimum atomic E-state index is 0.132. The monoisotopic (exact) mass is 241 g/mol. The van der Waals surface area contributed by atoms with Crippen molar-refractivity contribution in [1.29, 1.82) is 0 Å². The number of hydrogen-bond donors (Lipinski definition) is 1. The smallest absolute Gasteiger partial charge is 0.218 e. The Hall–Kier alpha value is -0.970. The van der Waals surface area contributed by atoms with Crippen molar-refractivity contribution >= 4 is 17.6 Å². The van der Waals surface area contributed by atoms with Crippen LogP contribution < -0.4 is 10.1 Å². The molecule has 1 unspecified atom stereocenters. The molecule has 0 aliphatic carbocycles. The summed E-state index contributed by atoms with van der Waals surface area (Å²) in [6.07, 6.45) is 3.75. The lowest BCUT2D eigenvalue weighted by atomic mass is 10.4. The van der Waals surface area contributed by atoms with Gasteiger partial charge >= 0.3 is 0 Å². The van der Waals surface area contributed by atoms with Crippen LogP contribution in [0, 0.1) is 0 Å². The average Bonchev–Trinajstić information content (AvgIpc) is 2.25. The van der Waals surface area contributed by atoms with E-state index in [0.29, 0.717) is 11.1 Å². The summed E-state index contributed by atoms with van der Waals surface area (Å²) < 4.78 is 5.49. The highest BCUT2D eigenvalue weighted by Gasteiger charge is 2.03.